The Kier molecular flexibility index (Phi) is 7.88. The van der Waals surface area contributed by atoms with Crippen LogP contribution in [0.25, 0.3) is 11.1 Å². The van der Waals surface area contributed by atoms with Gasteiger partial charge < -0.3 is 20.3 Å². The molecule has 1 saturated carbocycles. The van der Waals surface area contributed by atoms with Crippen LogP contribution in [0.4, 0.5) is 19.0 Å². The van der Waals surface area contributed by atoms with Gasteiger partial charge in [-0.3, -0.25) is 9.78 Å². The van der Waals surface area contributed by atoms with Crippen LogP contribution in [-0.2, 0) is 17.5 Å². The number of hydrogen-bond acceptors (Lipinski definition) is 6. The normalized spacial score (nSPS) is 17.1. The van der Waals surface area contributed by atoms with Crippen LogP contribution in [0.5, 0.6) is 5.75 Å². The van der Waals surface area contributed by atoms with E-state index in [-0.39, 0.29) is 24.6 Å². The fourth-order valence-corrected chi connectivity index (χ4v) is 4.61. The average Bonchev–Trinajstić information content (AvgIpc) is 3.63. The maximum Gasteiger partial charge on any atom is 0.417 e. The minimum atomic E-state index is -4.54. The lowest BCUT2D eigenvalue weighted by Crippen LogP contribution is -2.21. The Hall–Kier alpha value is -3.66. The number of aryl methyl sites for hydroxylation is 2. The quantitative estimate of drug-likeness (QED) is 0.283. The molecule has 1 aliphatic carbocycles. The van der Waals surface area contributed by atoms with Crippen LogP contribution in [-0.4, -0.2) is 38.4 Å². The molecule has 3 aromatic rings. The van der Waals surface area contributed by atoms with E-state index in [0.717, 1.165) is 6.07 Å². The summed E-state index contributed by atoms with van der Waals surface area (Å²) in [6, 6.07) is 7.48. The summed E-state index contributed by atoms with van der Waals surface area (Å²) >= 11 is 0. The van der Waals surface area contributed by atoms with Gasteiger partial charge in [-0.2, -0.15) is 13.2 Å². The van der Waals surface area contributed by atoms with E-state index in [9.17, 15) is 23.1 Å². The summed E-state index contributed by atoms with van der Waals surface area (Å²) in [5.74, 6) is -0.435. The molecular formula is C29H32F3N3O4. The molecule has 39 heavy (non-hydrogen) atoms. The number of anilines is 1. The predicted molar refractivity (Wildman–Crippen MR) is 141 cm³/mol. The lowest BCUT2D eigenvalue weighted by Gasteiger charge is -2.20. The summed E-state index contributed by atoms with van der Waals surface area (Å²) in [6.45, 7) is 7.37. The highest BCUT2D eigenvalue weighted by Gasteiger charge is 2.45. The summed E-state index contributed by atoms with van der Waals surface area (Å²) in [6.07, 6.45) is -0.553. The number of benzene rings is 2. The average molecular weight is 544 g/mol. The van der Waals surface area contributed by atoms with E-state index in [1.54, 1.807) is 39.8 Å². The van der Waals surface area contributed by atoms with Gasteiger partial charge in [0.1, 0.15) is 11.6 Å². The smallest absolute Gasteiger partial charge is 0.417 e. The molecule has 1 fully saturated rings. The van der Waals surface area contributed by atoms with Crippen LogP contribution < -0.4 is 10.1 Å². The Labute approximate surface area is 225 Å². The van der Waals surface area contributed by atoms with Crippen LogP contribution in [0.2, 0.25) is 0 Å². The number of carboxylic acid groups (broad SMARTS) is 1. The van der Waals surface area contributed by atoms with Crippen LogP contribution in [0.3, 0.4) is 0 Å². The Balaban J connectivity index is 1.54. The van der Waals surface area contributed by atoms with Crippen molar-refractivity contribution in [1.29, 1.82) is 0 Å². The molecule has 0 aliphatic heterocycles. The molecule has 208 valence electrons. The topological polar surface area (TPSA) is 105 Å². The van der Waals surface area contributed by atoms with Gasteiger partial charge in [0.05, 0.1) is 41.8 Å². The van der Waals surface area contributed by atoms with Gasteiger partial charge in [-0.25, -0.2) is 4.98 Å². The lowest BCUT2D eigenvalue weighted by molar-refractivity contribution is -0.139. The van der Waals surface area contributed by atoms with Crippen molar-refractivity contribution in [2.75, 3.05) is 11.9 Å². The number of hydrogen-bond donors (Lipinski definition) is 3. The van der Waals surface area contributed by atoms with Crippen LogP contribution >= 0.6 is 0 Å². The van der Waals surface area contributed by atoms with E-state index in [1.165, 1.54) is 24.5 Å². The van der Waals surface area contributed by atoms with Crippen molar-refractivity contribution in [2.24, 2.45) is 5.92 Å². The highest BCUT2D eigenvalue weighted by atomic mass is 19.4. The molecule has 0 amide bonds. The van der Waals surface area contributed by atoms with Crippen molar-refractivity contribution in [3.05, 3.63) is 70.7 Å². The van der Waals surface area contributed by atoms with Crippen molar-refractivity contribution in [3.63, 3.8) is 0 Å². The van der Waals surface area contributed by atoms with Gasteiger partial charge >= 0.3 is 12.1 Å². The molecule has 7 nitrogen and oxygen atoms in total. The van der Waals surface area contributed by atoms with E-state index in [4.69, 9.17) is 9.84 Å². The number of ether oxygens (including phenoxy) is 1. The molecule has 4 rings (SSSR count). The van der Waals surface area contributed by atoms with Crippen molar-refractivity contribution in [3.8, 4) is 16.9 Å². The first-order valence-electron chi connectivity index (χ1n) is 12.7. The minimum Gasteiger partial charge on any atom is -0.493 e. The van der Waals surface area contributed by atoms with Crippen LogP contribution in [0.15, 0.2) is 42.7 Å². The maximum atomic E-state index is 14.0. The Morgan fingerprint density at radius 2 is 1.79 bits per heavy atom. The summed E-state index contributed by atoms with van der Waals surface area (Å²) < 4.78 is 47.8. The van der Waals surface area contributed by atoms with Gasteiger partial charge in [-0.15, -0.1) is 0 Å². The summed E-state index contributed by atoms with van der Waals surface area (Å²) in [5.41, 5.74) is 1.48. The van der Waals surface area contributed by atoms with Gasteiger partial charge in [0.15, 0.2) is 0 Å². The van der Waals surface area contributed by atoms with Crippen molar-refractivity contribution < 1.29 is 32.9 Å². The van der Waals surface area contributed by atoms with Crippen molar-refractivity contribution in [1.82, 2.24) is 9.97 Å². The molecule has 0 spiro atoms. The molecule has 2 atom stereocenters. The second kappa shape index (κ2) is 10.8. The fraction of sp³-hybridized carbons (Fsp3) is 0.414. The zero-order valence-corrected chi connectivity index (χ0v) is 22.3. The highest BCUT2D eigenvalue weighted by molar-refractivity contribution is 5.76. The number of nitrogens with zero attached hydrogens (tertiary/aromatic N) is 2. The molecule has 1 heterocycles. The number of carbonyl (C=O) groups is 1. The second-order valence-electron chi connectivity index (χ2n) is 10.7. The van der Waals surface area contributed by atoms with Gasteiger partial charge in [0, 0.05) is 18.9 Å². The van der Waals surface area contributed by atoms with Crippen molar-refractivity contribution >= 4 is 11.8 Å². The molecule has 2 aromatic carbocycles. The maximum absolute atomic E-state index is 14.0. The lowest BCUT2D eigenvalue weighted by atomic mass is 9.90. The number of alkyl halides is 3. The first-order chi connectivity index (χ1) is 18.2. The van der Waals surface area contributed by atoms with Crippen molar-refractivity contribution in [2.45, 2.75) is 64.8 Å². The molecule has 1 unspecified atom stereocenters. The van der Waals surface area contributed by atoms with E-state index in [0.29, 0.717) is 52.4 Å². The number of halogens is 3. The SMILES string of the molecule is Cc1cc(OCCC(C)(C)O)cc(C)c1-c1cc(CNc2cnc([C@H]3CC3C(=O)O)cn2)ccc1C(F)(F)F. The summed E-state index contributed by atoms with van der Waals surface area (Å²) in [5, 5.41) is 22.1. The Morgan fingerprint density at radius 1 is 1.10 bits per heavy atom. The number of nitrogens with one attached hydrogen (secondary N) is 1. The molecule has 0 saturated heterocycles. The predicted octanol–water partition coefficient (Wildman–Crippen LogP) is 6.12. The van der Waals surface area contributed by atoms with Gasteiger partial charge in [0.25, 0.3) is 0 Å². The van der Waals surface area contributed by atoms with Gasteiger partial charge in [0.2, 0.25) is 0 Å². The largest absolute Gasteiger partial charge is 0.493 e. The summed E-state index contributed by atoms with van der Waals surface area (Å²) in [4.78, 5) is 19.7. The zero-order valence-electron chi connectivity index (χ0n) is 22.3. The van der Waals surface area contributed by atoms with Gasteiger partial charge in [-0.05, 0) is 86.2 Å². The molecule has 10 heteroatoms. The highest BCUT2D eigenvalue weighted by Crippen LogP contribution is 2.46. The Morgan fingerprint density at radius 3 is 2.33 bits per heavy atom. The Bertz CT molecular complexity index is 1330. The van der Waals surface area contributed by atoms with E-state index < -0.39 is 29.2 Å². The third-order valence-electron chi connectivity index (χ3n) is 6.78. The number of aliphatic hydroxyl groups is 1. The van der Waals surface area contributed by atoms with E-state index >= 15 is 0 Å². The molecule has 0 radical (unpaired) electrons. The van der Waals surface area contributed by atoms with Gasteiger partial charge in [-0.1, -0.05) is 6.07 Å². The zero-order chi connectivity index (χ0) is 28.5. The fourth-order valence-electron chi connectivity index (χ4n) is 4.61. The third-order valence-corrected chi connectivity index (χ3v) is 6.78. The van der Waals surface area contributed by atoms with Crippen LogP contribution in [0.1, 0.15) is 60.6 Å². The second-order valence-corrected chi connectivity index (χ2v) is 10.7. The molecule has 3 N–H and O–H groups in total. The first kappa shape index (κ1) is 28.4. The molecular weight excluding hydrogens is 511 g/mol. The van der Waals surface area contributed by atoms with E-state index in [2.05, 4.69) is 15.3 Å². The van der Waals surface area contributed by atoms with Crippen LogP contribution in [0, 0.1) is 19.8 Å². The molecule has 1 aliphatic rings. The molecule has 0 bridgehead atoms. The number of aromatic nitrogens is 2. The standard InChI is InChI=1S/C29H32F3N3O4/c1-16-9-19(39-8-7-28(3,4)38)10-17(2)26(16)22-11-18(5-6-23(22)29(30,31)32)13-34-25-15-33-24(14-35-25)20-12-21(20)27(36)37/h5-6,9-11,14-15,20-21,38H,7-8,12-13H2,1-4H3,(H,34,35)(H,36,37)/t20-,21?/m0/s1. The van der Waals surface area contributed by atoms with E-state index in [1.807, 2.05) is 0 Å². The number of carboxylic acids is 1. The molecule has 1 aromatic heterocycles. The minimum absolute atomic E-state index is 0.0784. The third kappa shape index (κ3) is 7.06. The number of rotatable bonds is 10. The monoisotopic (exact) mass is 543 g/mol. The number of aliphatic carboxylic acids is 1. The summed E-state index contributed by atoms with van der Waals surface area (Å²) in [7, 11) is 0. The first-order valence-corrected chi connectivity index (χ1v) is 12.7.